The number of rotatable bonds is 1. The third kappa shape index (κ3) is 1.76. The second kappa shape index (κ2) is 4.29. The third-order valence-corrected chi connectivity index (χ3v) is 6.49. The van der Waals surface area contributed by atoms with Crippen LogP contribution in [0.25, 0.3) is 0 Å². The first-order valence-corrected chi connectivity index (χ1v) is 8.76. The Morgan fingerprint density at radius 3 is 2.80 bits per heavy atom. The molecule has 1 aromatic carbocycles. The fourth-order valence-corrected chi connectivity index (χ4v) is 5.74. The molecule has 0 radical (unpaired) electrons. The molecule has 0 amide bonds. The lowest BCUT2D eigenvalue weighted by molar-refractivity contribution is 0.232. The zero-order valence-corrected chi connectivity index (χ0v) is 12.1. The van der Waals surface area contributed by atoms with Gasteiger partial charge in [-0.1, -0.05) is 36.8 Å². The Hall–Kier alpha value is -0.910. The summed E-state index contributed by atoms with van der Waals surface area (Å²) in [5.74, 6) is 1.09. The number of hydrogen-bond acceptors (Lipinski definition) is 3. The normalized spacial score (nSPS) is 42.1. The fraction of sp³-hybridized carbons (Fsp3) is 0.600. The van der Waals surface area contributed by atoms with Crippen LogP contribution in [0.5, 0.6) is 0 Å². The van der Waals surface area contributed by atoms with Gasteiger partial charge in [0.1, 0.15) is 0 Å². The molecular formula is C15H19NO3S. The van der Waals surface area contributed by atoms with E-state index in [0.717, 1.165) is 19.3 Å². The van der Waals surface area contributed by atoms with Crippen LogP contribution >= 0.6 is 0 Å². The van der Waals surface area contributed by atoms with E-state index in [0.29, 0.717) is 18.4 Å². The van der Waals surface area contributed by atoms with Crippen LogP contribution < -0.4 is 4.72 Å². The van der Waals surface area contributed by atoms with E-state index in [9.17, 15) is 8.42 Å². The molecule has 0 unspecified atom stereocenters. The maximum atomic E-state index is 11.8. The Bertz CT molecular complexity index is 615. The van der Waals surface area contributed by atoms with Gasteiger partial charge < -0.3 is 0 Å². The molecule has 1 saturated heterocycles. The largest absolute Gasteiger partial charge is 0.336 e. The van der Waals surface area contributed by atoms with Crippen molar-refractivity contribution < 1.29 is 12.6 Å². The van der Waals surface area contributed by atoms with Crippen molar-refractivity contribution in [2.24, 2.45) is 11.3 Å². The fourth-order valence-electron chi connectivity index (χ4n) is 4.68. The van der Waals surface area contributed by atoms with Crippen molar-refractivity contribution in [3.05, 3.63) is 35.9 Å². The molecule has 1 aliphatic heterocycles. The minimum atomic E-state index is -3.56. The van der Waals surface area contributed by atoms with Crippen molar-refractivity contribution >= 4 is 10.3 Å². The van der Waals surface area contributed by atoms with E-state index < -0.39 is 10.3 Å². The molecule has 5 heteroatoms. The summed E-state index contributed by atoms with van der Waals surface area (Å²) in [5.41, 5.74) is 1.44. The molecular weight excluding hydrogens is 274 g/mol. The molecule has 1 heterocycles. The molecule has 4 nitrogen and oxygen atoms in total. The first-order chi connectivity index (χ1) is 9.63. The van der Waals surface area contributed by atoms with Crippen LogP contribution in [0.2, 0.25) is 0 Å². The summed E-state index contributed by atoms with van der Waals surface area (Å²) in [4.78, 5) is 0. The summed E-state index contributed by atoms with van der Waals surface area (Å²) < 4.78 is 31.4. The summed E-state index contributed by atoms with van der Waals surface area (Å²) in [6, 6.07) is 10.6. The summed E-state index contributed by atoms with van der Waals surface area (Å²) in [7, 11) is -3.56. The summed E-state index contributed by atoms with van der Waals surface area (Å²) in [5, 5.41) is 0. The van der Waals surface area contributed by atoms with Gasteiger partial charge in [-0.05, 0) is 42.1 Å². The van der Waals surface area contributed by atoms with E-state index >= 15 is 0 Å². The Labute approximate surface area is 119 Å². The van der Waals surface area contributed by atoms with E-state index in [1.54, 1.807) is 0 Å². The Balaban J connectivity index is 1.72. The molecule has 3 aliphatic rings. The van der Waals surface area contributed by atoms with Crippen molar-refractivity contribution in [2.45, 2.75) is 37.6 Å². The SMILES string of the molecule is O=S1(=O)N[C@@H]2CCC[C@@H]3[C@@H](c4ccccc4)[C@@]32CCO1. The zero-order valence-electron chi connectivity index (χ0n) is 11.3. The van der Waals surface area contributed by atoms with Gasteiger partial charge in [-0.2, -0.15) is 13.1 Å². The molecule has 2 aliphatic carbocycles. The molecule has 0 aromatic heterocycles. The Kier molecular flexibility index (Phi) is 2.75. The van der Waals surface area contributed by atoms with Gasteiger partial charge in [-0.15, -0.1) is 0 Å². The monoisotopic (exact) mass is 293 g/mol. The number of nitrogens with one attached hydrogen (secondary N) is 1. The Morgan fingerprint density at radius 1 is 1.20 bits per heavy atom. The van der Waals surface area contributed by atoms with Crippen molar-refractivity contribution in [2.75, 3.05) is 6.61 Å². The van der Waals surface area contributed by atoms with Gasteiger partial charge in [-0.25, -0.2) is 0 Å². The van der Waals surface area contributed by atoms with Crippen LogP contribution in [0.4, 0.5) is 0 Å². The van der Waals surface area contributed by atoms with Gasteiger partial charge in [-0.3, -0.25) is 4.18 Å². The summed E-state index contributed by atoms with van der Waals surface area (Å²) in [6.45, 7) is 0.311. The highest BCUT2D eigenvalue weighted by molar-refractivity contribution is 7.84. The molecule has 108 valence electrons. The predicted molar refractivity (Wildman–Crippen MR) is 75.4 cm³/mol. The van der Waals surface area contributed by atoms with Crippen LogP contribution in [0.3, 0.4) is 0 Å². The van der Waals surface area contributed by atoms with Gasteiger partial charge in [0.2, 0.25) is 0 Å². The minimum absolute atomic E-state index is 0.0407. The average Bonchev–Trinajstić information content (AvgIpc) is 3.11. The summed E-state index contributed by atoms with van der Waals surface area (Å²) >= 11 is 0. The highest BCUT2D eigenvalue weighted by Crippen LogP contribution is 2.73. The second-order valence-electron chi connectivity index (χ2n) is 6.23. The standard InChI is InChI=1S/C15H19NO3S/c17-20(18)16-13-8-4-7-12-14(11-5-2-1-3-6-11)15(12,13)9-10-19-20/h1-3,5-6,12-14,16H,4,7-10H2/t12-,13-,14-,15+/m1/s1. The molecule has 2 saturated carbocycles. The third-order valence-electron chi connectivity index (χ3n) is 5.44. The zero-order chi connectivity index (χ0) is 13.8. The lowest BCUT2D eigenvalue weighted by Crippen LogP contribution is -2.42. The van der Waals surface area contributed by atoms with Crippen molar-refractivity contribution in [3.63, 3.8) is 0 Å². The van der Waals surface area contributed by atoms with E-state index in [4.69, 9.17) is 4.18 Å². The van der Waals surface area contributed by atoms with Crippen molar-refractivity contribution in [1.82, 2.24) is 4.72 Å². The van der Waals surface area contributed by atoms with Gasteiger partial charge in [0.15, 0.2) is 0 Å². The van der Waals surface area contributed by atoms with E-state index in [2.05, 4.69) is 29.0 Å². The van der Waals surface area contributed by atoms with Crippen molar-refractivity contribution in [1.29, 1.82) is 0 Å². The van der Waals surface area contributed by atoms with E-state index in [-0.39, 0.29) is 11.5 Å². The first kappa shape index (κ1) is 12.8. The van der Waals surface area contributed by atoms with Gasteiger partial charge in [0.25, 0.3) is 0 Å². The van der Waals surface area contributed by atoms with Gasteiger partial charge >= 0.3 is 10.3 Å². The maximum absolute atomic E-state index is 11.8. The van der Waals surface area contributed by atoms with Gasteiger partial charge in [0.05, 0.1) is 6.61 Å². The lowest BCUT2D eigenvalue weighted by Gasteiger charge is -2.29. The smallest absolute Gasteiger partial charge is 0.258 e. The quantitative estimate of drug-likeness (QED) is 0.863. The molecule has 4 atom stereocenters. The maximum Gasteiger partial charge on any atom is 0.336 e. The number of hydrogen-bond donors (Lipinski definition) is 1. The molecule has 20 heavy (non-hydrogen) atoms. The molecule has 1 aromatic rings. The van der Waals surface area contributed by atoms with Crippen LogP contribution in [-0.4, -0.2) is 21.1 Å². The van der Waals surface area contributed by atoms with E-state index in [1.165, 1.54) is 12.0 Å². The molecule has 1 N–H and O–H groups in total. The molecule has 4 rings (SSSR count). The highest BCUT2D eigenvalue weighted by Gasteiger charge is 2.69. The summed E-state index contributed by atoms with van der Waals surface area (Å²) in [6.07, 6.45) is 4.08. The predicted octanol–water partition coefficient (Wildman–Crippen LogP) is 2.19. The van der Waals surface area contributed by atoms with Crippen LogP contribution in [0.15, 0.2) is 30.3 Å². The molecule has 3 fully saturated rings. The first-order valence-electron chi connectivity index (χ1n) is 7.35. The van der Waals surface area contributed by atoms with Crippen LogP contribution in [0, 0.1) is 11.3 Å². The average molecular weight is 293 g/mol. The molecule has 0 bridgehead atoms. The van der Waals surface area contributed by atoms with Crippen molar-refractivity contribution in [3.8, 4) is 0 Å². The second-order valence-corrected chi connectivity index (χ2v) is 7.61. The van der Waals surface area contributed by atoms with Gasteiger partial charge in [0, 0.05) is 6.04 Å². The topological polar surface area (TPSA) is 55.4 Å². The van der Waals surface area contributed by atoms with Crippen LogP contribution in [-0.2, 0) is 14.5 Å². The Morgan fingerprint density at radius 2 is 2.00 bits per heavy atom. The highest BCUT2D eigenvalue weighted by atomic mass is 32.2. The minimum Gasteiger partial charge on any atom is -0.258 e. The number of benzene rings is 1. The van der Waals surface area contributed by atoms with Crippen LogP contribution in [0.1, 0.15) is 37.2 Å². The lowest BCUT2D eigenvalue weighted by atomic mass is 9.81. The molecule has 1 spiro atoms. The van der Waals surface area contributed by atoms with E-state index in [1.807, 2.05) is 6.07 Å².